The summed E-state index contributed by atoms with van der Waals surface area (Å²) < 4.78 is 0. The third kappa shape index (κ3) is 4.98. The zero-order chi connectivity index (χ0) is 27.4. The van der Waals surface area contributed by atoms with E-state index in [1.165, 1.54) is 24.3 Å². The Balaban J connectivity index is 1.92. The predicted molar refractivity (Wildman–Crippen MR) is 153 cm³/mol. The van der Waals surface area contributed by atoms with Crippen molar-refractivity contribution in [3.8, 4) is 0 Å². The molecule has 0 saturated carbocycles. The Morgan fingerprint density at radius 3 is 1.82 bits per heavy atom. The van der Waals surface area contributed by atoms with Crippen molar-refractivity contribution in [2.45, 2.75) is 5.54 Å². The first-order chi connectivity index (χ1) is 18.2. The van der Waals surface area contributed by atoms with Gasteiger partial charge in [0.05, 0.1) is 21.2 Å². The molecular formula is C30H29ClN4O3. The van der Waals surface area contributed by atoms with Crippen LogP contribution in [0.3, 0.4) is 0 Å². The molecule has 1 N–H and O–H groups in total. The number of nitrogens with one attached hydrogen (secondary N) is 1. The van der Waals surface area contributed by atoms with E-state index in [1.807, 2.05) is 81.6 Å². The first kappa shape index (κ1) is 26.9. The van der Waals surface area contributed by atoms with E-state index in [-0.39, 0.29) is 11.6 Å². The molecule has 1 amide bonds. The molecule has 0 aliphatic heterocycles. The normalized spacial score (nSPS) is 11.3. The topological polar surface area (TPSA) is 78.7 Å². The molecule has 8 heteroatoms. The number of halogens is 1. The molecule has 194 valence electrons. The lowest BCUT2D eigenvalue weighted by atomic mass is 9.75. The van der Waals surface area contributed by atoms with Crippen LogP contribution in [-0.2, 0) is 5.54 Å². The van der Waals surface area contributed by atoms with E-state index in [4.69, 9.17) is 11.6 Å². The number of benzene rings is 4. The third-order valence-corrected chi connectivity index (χ3v) is 6.97. The van der Waals surface area contributed by atoms with Crippen molar-refractivity contribution < 1.29 is 9.72 Å². The molecular weight excluding hydrogens is 500 g/mol. The lowest BCUT2D eigenvalue weighted by Crippen LogP contribution is -2.44. The number of hydrogen-bond acceptors (Lipinski definition) is 5. The van der Waals surface area contributed by atoms with Gasteiger partial charge in [-0.3, -0.25) is 19.8 Å². The summed E-state index contributed by atoms with van der Waals surface area (Å²) in [7, 11) is 7.81. The fourth-order valence-electron chi connectivity index (χ4n) is 4.80. The monoisotopic (exact) mass is 528 g/mol. The van der Waals surface area contributed by atoms with Gasteiger partial charge in [-0.15, -0.1) is 0 Å². The van der Waals surface area contributed by atoms with Crippen LogP contribution in [0, 0.1) is 10.1 Å². The van der Waals surface area contributed by atoms with Gasteiger partial charge >= 0.3 is 0 Å². The zero-order valence-electron chi connectivity index (χ0n) is 21.7. The second-order valence-corrected chi connectivity index (χ2v) is 9.72. The second kappa shape index (κ2) is 11.0. The van der Waals surface area contributed by atoms with Crippen LogP contribution in [-0.4, -0.2) is 43.9 Å². The highest BCUT2D eigenvalue weighted by Crippen LogP contribution is 2.47. The Hall–Kier alpha value is -4.20. The number of nitro benzene ring substituents is 1. The van der Waals surface area contributed by atoms with Gasteiger partial charge in [-0.1, -0.05) is 72.3 Å². The molecule has 0 fully saturated rings. The van der Waals surface area contributed by atoms with Crippen molar-refractivity contribution in [2.75, 3.05) is 38.4 Å². The summed E-state index contributed by atoms with van der Waals surface area (Å²) in [6.45, 7) is 0. The Bertz CT molecular complexity index is 1400. The van der Waals surface area contributed by atoms with Crippen molar-refractivity contribution in [3.05, 3.63) is 134 Å². The van der Waals surface area contributed by atoms with E-state index in [0.29, 0.717) is 16.3 Å². The maximum atomic E-state index is 13.2. The van der Waals surface area contributed by atoms with Crippen LogP contribution < -0.4 is 10.2 Å². The minimum atomic E-state index is -0.779. The number of carbonyl (C=O) groups excluding carboxylic acids is 1. The van der Waals surface area contributed by atoms with Gasteiger partial charge < -0.3 is 10.2 Å². The van der Waals surface area contributed by atoms with Crippen LogP contribution in [0.5, 0.6) is 0 Å². The number of carbonyl (C=O) groups is 1. The molecule has 7 nitrogen and oxygen atoms in total. The SMILES string of the molecule is CN(C)c1cc(NC(=O)c2ccc([N+](=O)[O-])cc2)cc(C(c2ccccc2)(c2ccccc2)N(C)C)c1Cl. The van der Waals surface area contributed by atoms with Crippen molar-refractivity contribution in [1.82, 2.24) is 4.90 Å². The van der Waals surface area contributed by atoms with Gasteiger partial charge in [0.25, 0.3) is 11.6 Å². The van der Waals surface area contributed by atoms with E-state index in [9.17, 15) is 14.9 Å². The molecule has 0 radical (unpaired) electrons. The highest BCUT2D eigenvalue weighted by Gasteiger charge is 2.41. The number of nitrogens with zero attached hydrogens (tertiary/aromatic N) is 3. The van der Waals surface area contributed by atoms with Crippen molar-refractivity contribution >= 4 is 34.6 Å². The molecule has 0 aliphatic rings. The molecule has 0 atom stereocenters. The van der Waals surface area contributed by atoms with Crippen molar-refractivity contribution in [2.24, 2.45) is 0 Å². The maximum absolute atomic E-state index is 13.2. The summed E-state index contributed by atoms with van der Waals surface area (Å²) in [6, 6.07) is 29.5. The predicted octanol–water partition coefficient (Wildman–Crippen LogP) is 6.42. The maximum Gasteiger partial charge on any atom is 0.269 e. The van der Waals surface area contributed by atoms with Gasteiger partial charge in [-0.25, -0.2) is 0 Å². The van der Waals surface area contributed by atoms with Crippen LogP contribution >= 0.6 is 11.6 Å². The first-order valence-electron chi connectivity index (χ1n) is 12.0. The molecule has 0 aliphatic carbocycles. The fraction of sp³-hybridized carbons (Fsp3) is 0.167. The molecule has 0 bridgehead atoms. The second-order valence-electron chi connectivity index (χ2n) is 9.35. The highest BCUT2D eigenvalue weighted by molar-refractivity contribution is 6.34. The minimum absolute atomic E-state index is 0.0771. The highest BCUT2D eigenvalue weighted by atomic mass is 35.5. The summed E-state index contributed by atoms with van der Waals surface area (Å²) in [6.07, 6.45) is 0. The van der Waals surface area contributed by atoms with Gasteiger partial charge in [0.1, 0.15) is 0 Å². The molecule has 4 aromatic rings. The number of anilines is 2. The molecule has 0 heterocycles. The number of rotatable bonds is 8. The quantitative estimate of drug-likeness (QED) is 0.162. The molecule has 4 aromatic carbocycles. The molecule has 38 heavy (non-hydrogen) atoms. The van der Waals surface area contributed by atoms with Gasteiger partial charge in [-0.2, -0.15) is 0 Å². The lowest BCUT2D eigenvalue weighted by Gasteiger charge is -2.43. The van der Waals surface area contributed by atoms with Crippen LogP contribution in [0.1, 0.15) is 27.0 Å². The van der Waals surface area contributed by atoms with Crippen LogP contribution in [0.2, 0.25) is 5.02 Å². The molecule has 4 rings (SSSR count). The zero-order valence-corrected chi connectivity index (χ0v) is 22.4. The van der Waals surface area contributed by atoms with E-state index in [1.54, 1.807) is 0 Å². The van der Waals surface area contributed by atoms with E-state index < -0.39 is 10.5 Å². The molecule has 0 spiro atoms. The number of amides is 1. The van der Waals surface area contributed by atoms with E-state index >= 15 is 0 Å². The molecule has 0 aromatic heterocycles. The minimum Gasteiger partial charge on any atom is -0.376 e. The fourth-order valence-corrected chi connectivity index (χ4v) is 5.22. The van der Waals surface area contributed by atoms with Crippen LogP contribution in [0.15, 0.2) is 97.1 Å². The number of non-ortho nitro benzene ring substituents is 1. The number of nitro groups is 1. The standard InChI is InChI=1S/C30H29ClN4O3/c1-33(2)27-20-24(32-29(36)21-15-17-25(18-16-21)35(37)38)19-26(28(27)31)30(34(3)4,22-11-7-5-8-12-22)23-13-9-6-10-14-23/h5-20H,1-4H3,(H,32,36). The van der Waals surface area contributed by atoms with Gasteiger partial charge in [0.15, 0.2) is 0 Å². The summed E-state index contributed by atoms with van der Waals surface area (Å²) in [4.78, 5) is 27.7. The molecule has 0 saturated heterocycles. The van der Waals surface area contributed by atoms with E-state index in [2.05, 4.69) is 34.5 Å². The Morgan fingerprint density at radius 1 is 0.842 bits per heavy atom. The van der Waals surface area contributed by atoms with Gasteiger partial charge in [0, 0.05) is 43.0 Å². The largest absolute Gasteiger partial charge is 0.376 e. The van der Waals surface area contributed by atoms with Gasteiger partial charge in [0.2, 0.25) is 0 Å². The average Bonchev–Trinajstić information content (AvgIpc) is 2.91. The summed E-state index contributed by atoms with van der Waals surface area (Å²) in [5, 5.41) is 14.5. The van der Waals surface area contributed by atoms with Crippen molar-refractivity contribution in [3.63, 3.8) is 0 Å². The summed E-state index contributed by atoms with van der Waals surface area (Å²) in [5.41, 5.74) is 3.57. The van der Waals surface area contributed by atoms with Crippen LogP contribution in [0.25, 0.3) is 0 Å². The van der Waals surface area contributed by atoms with Crippen LogP contribution in [0.4, 0.5) is 17.1 Å². The van der Waals surface area contributed by atoms with E-state index in [0.717, 1.165) is 22.4 Å². The first-order valence-corrected chi connectivity index (χ1v) is 12.4. The van der Waals surface area contributed by atoms with Gasteiger partial charge in [-0.05, 0) is 49.5 Å². The summed E-state index contributed by atoms with van der Waals surface area (Å²) in [5.74, 6) is -0.382. The Kier molecular flexibility index (Phi) is 7.80. The average molecular weight is 529 g/mol. The molecule has 0 unspecified atom stereocenters. The third-order valence-electron chi connectivity index (χ3n) is 6.58. The summed E-state index contributed by atoms with van der Waals surface area (Å²) >= 11 is 7.16. The Morgan fingerprint density at radius 2 is 1.37 bits per heavy atom. The Labute approximate surface area is 227 Å². The smallest absolute Gasteiger partial charge is 0.269 e. The van der Waals surface area contributed by atoms with Crippen molar-refractivity contribution in [1.29, 1.82) is 0 Å². The number of hydrogen-bond donors (Lipinski definition) is 1. The lowest BCUT2D eigenvalue weighted by molar-refractivity contribution is -0.384.